The van der Waals surface area contributed by atoms with Crippen LogP contribution >= 0.6 is 0 Å². The van der Waals surface area contributed by atoms with E-state index in [9.17, 15) is 5.11 Å². The van der Waals surface area contributed by atoms with Crippen LogP contribution in [-0.2, 0) is 5.60 Å². The van der Waals surface area contributed by atoms with Crippen LogP contribution in [0.2, 0.25) is 0 Å². The fourth-order valence-corrected chi connectivity index (χ4v) is 3.58. The van der Waals surface area contributed by atoms with Gasteiger partial charge in [-0.3, -0.25) is 4.90 Å². The van der Waals surface area contributed by atoms with E-state index in [2.05, 4.69) is 47.1 Å². The topological polar surface area (TPSA) is 23.5 Å². The zero-order valence-electron chi connectivity index (χ0n) is 15.3. The molecule has 1 N–H and O–H groups in total. The standard InChI is InChI=1S/C25H23NO/c27-25(23-13-6-2-7-14-23,24-15-8-3-9-16-24)17-10-18-26-19-22(20-26)21-11-4-1-5-12-21/h1-9,11-16,22,27H,18-20H2. The predicted octanol–water partition coefficient (Wildman–Crippen LogP) is 4.03. The van der Waals surface area contributed by atoms with Crippen molar-refractivity contribution in [2.24, 2.45) is 0 Å². The molecule has 1 saturated heterocycles. The van der Waals surface area contributed by atoms with Gasteiger partial charge in [-0.15, -0.1) is 0 Å². The summed E-state index contributed by atoms with van der Waals surface area (Å²) in [6, 6.07) is 30.0. The second-order valence-electron chi connectivity index (χ2n) is 7.05. The summed E-state index contributed by atoms with van der Waals surface area (Å²) in [4.78, 5) is 2.32. The van der Waals surface area contributed by atoms with Crippen LogP contribution in [0, 0.1) is 11.8 Å². The van der Waals surface area contributed by atoms with Crippen LogP contribution in [0.25, 0.3) is 0 Å². The fraction of sp³-hybridized carbons (Fsp3) is 0.200. The van der Waals surface area contributed by atoms with Crippen LogP contribution in [0.5, 0.6) is 0 Å². The van der Waals surface area contributed by atoms with Gasteiger partial charge in [0.05, 0.1) is 6.54 Å². The lowest BCUT2D eigenvalue weighted by Crippen LogP contribution is -2.45. The molecule has 1 aliphatic heterocycles. The molecule has 3 aromatic rings. The molecular weight excluding hydrogens is 330 g/mol. The van der Waals surface area contributed by atoms with Crippen molar-refractivity contribution in [1.29, 1.82) is 0 Å². The molecule has 0 aliphatic carbocycles. The zero-order chi connectivity index (χ0) is 18.5. The molecule has 0 spiro atoms. The van der Waals surface area contributed by atoms with E-state index >= 15 is 0 Å². The second kappa shape index (κ2) is 7.80. The minimum atomic E-state index is -1.29. The Morgan fingerprint density at radius 2 is 1.26 bits per heavy atom. The van der Waals surface area contributed by atoms with Crippen LogP contribution in [0.15, 0.2) is 91.0 Å². The normalized spacial score (nSPS) is 14.9. The third kappa shape index (κ3) is 3.80. The van der Waals surface area contributed by atoms with Gasteiger partial charge in [0, 0.05) is 30.1 Å². The van der Waals surface area contributed by atoms with Gasteiger partial charge in [-0.2, -0.15) is 0 Å². The number of hydrogen-bond acceptors (Lipinski definition) is 2. The van der Waals surface area contributed by atoms with Gasteiger partial charge in [-0.1, -0.05) is 103 Å². The molecule has 3 aromatic carbocycles. The molecule has 2 heteroatoms. The Labute approximate surface area is 161 Å². The first-order chi connectivity index (χ1) is 13.3. The van der Waals surface area contributed by atoms with Gasteiger partial charge in [-0.05, 0) is 5.56 Å². The maximum absolute atomic E-state index is 11.4. The Morgan fingerprint density at radius 3 is 1.78 bits per heavy atom. The molecule has 0 bridgehead atoms. The Hall–Kier alpha value is -2.86. The smallest absolute Gasteiger partial charge is 0.176 e. The third-order valence-electron chi connectivity index (χ3n) is 5.18. The summed E-state index contributed by atoms with van der Waals surface area (Å²) >= 11 is 0. The number of hydrogen-bond donors (Lipinski definition) is 1. The van der Waals surface area contributed by atoms with E-state index in [1.807, 2.05) is 60.7 Å². The highest BCUT2D eigenvalue weighted by Gasteiger charge is 2.30. The van der Waals surface area contributed by atoms with E-state index in [1.165, 1.54) is 5.56 Å². The molecule has 27 heavy (non-hydrogen) atoms. The molecule has 134 valence electrons. The summed E-state index contributed by atoms with van der Waals surface area (Å²) in [5, 5.41) is 11.4. The van der Waals surface area contributed by atoms with E-state index in [0.29, 0.717) is 12.5 Å². The summed E-state index contributed by atoms with van der Waals surface area (Å²) in [5.41, 5.74) is 1.71. The summed E-state index contributed by atoms with van der Waals surface area (Å²) in [6.45, 7) is 2.72. The molecule has 0 unspecified atom stereocenters. The van der Waals surface area contributed by atoms with E-state index < -0.39 is 5.60 Å². The van der Waals surface area contributed by atoms with Crippen molar-refractivity contribution in [3.8, 4) is 11.8 Å². The molecule has 1 aliphatic rings. The average Bonchev–Trinajstić information content (AvgIpc) is 2.71. The number of likely N-dealkylation sites (tertiary alicyclic amines) is 1. The van der Waals surface area contributed by atoms with Crippen LogP contribution in [0.3, 0.4) is 0 Å². The van der Waals surface area contributed by atoms with Crippen LogP contribution in [0.1, 0.15) is 22.6 Å². The highest BCUT2D eigenvalue weighted by Crippen LogP contribution is 2.29. The maximum Gasteiger partial charge on any atom is 0.176 e. The molecule has 0 saturated carbocycles. The van der Waals surface area contributed by atoms with Gasteiger partial charge in [0.15, 0.2) is 5.60 Å². The van der Waals surface area contributed by atoms with Crippen molar-refractivity contribution >= 4 is 0 Å². The molecule has 1 fully saturated rings. The van der Waals surface area contributed by atoms with Crippen molar-refractivity contribution < 1.29 is 5.11 Å². The van der Waals surface area contributed by atoms with Gasteiger partial charge in [0.25, 0.3) is 0 Å². The van der Waals surface area contributed by atoms with Crippen molar-refractivity contribution in [3.05, 3.63) is 108 Å². The molecule has 4 rings (SSSR count). The average molecular weight is 353 g/mol. The third-order valence-corrected chi connectivity index (χ3v) is 5.18. The zero-order valence-corrected chi connectivity index (χ0v) is 15.3. The SMILES string of the molecule is OC(C#CCN1CC(c2ccccc2)C1)(c1ccccc1)c1ccccc1. The monoisotopic (exact) mass is 353 g/mol. The molecule has 2 nitrogen and oxygen atoms in total. The Kier molecular flexibility index (Phi) is 5.07. The minimum Gasteiger partial charge on any atom is -0.369 e. The van der Waals surface area contributed by atoms with E-state index in [-0.39, 0.29) is 0 Å². The predicted molar refractivity (Wildman–Crippen MR) is 109 cm³/mol. The van der Waals surface area contributed by atoms with Crippen LogP contribution in [0.4, 0.5) is 0 Å². The van der Waals surface area contributed by atoms with Gasteiger partial charge in [0.2, 0.25) is 0 Å². The molecule has 0 amide bonds. The first-order valence-corrected chi connectivity index (χ1v) is 9.36. The van der Waals surface area contributed by atoms with Gasteiger partial charge >= 0.3 is 0 Å². The number of nitrogens with zero attached hydrogens (tertiary/aromatic N) is 1. The summed E-state index contributed by atoms with van der Waals surface area (Å²) in [7, 11) is 0. The lowest BCUT2D eigenvalue weighted by molar-refractivity contribution is 0.144. The number of benzene rings is 3. The van der Waals surface area contributed by atoms with Gasteiger partial charge in [-0.25, -0.2) is 0 Å². The van der Waals surface area contributed by atoms with Crippen molar-refractivity contribution in [1.82, 2.24) is 4.90 Å². The van der Waals surface area contributed by atoms with E-state index in [4.69, 9.17) is 0 Å². The Bertz CT molecular complexity index is 880. The fourth-order valence-electron chi connectivity index (χ4n) is 3.58. The minimum absolute atomic E-state index is 0.593. The summed E-state index contributed by atoms with van der Waals surface area (Å²) < 4.78 is 0. The molecule has 0 atom stereocenters. The van der Waals surface area contributed by atoms with Crippen molar-refractivity contribution in [2.75, 3.05) is 19.6 Å². The lowest BCUT2D eigenvalue weighted by Gasteiger charge is -2.38. The molecule has 0 aromatic heterocycles. The summed E-state index contributed by atoms with van der Waals surface area (Å²) in [5.74, 6) is 6.96. The molecule has 0 radical (unpaired) electrons. The maximum atomic E-state index is 11.4. The first-order valence-electron chi connectivity index (χ1n) is 9.36. The Morgan fingerprint density at radius 1 is 0.778 bits per heavy atom. The number of rotatable bonds is 4. The van der Waals surface area contributed by atoms with Crippen molar-refractivity contribution in [3.63, 3.8) is 0 Å². The van der Waals surface area contributed by atoms with Crippen LogP contribution in [-0.4, -0.2) is 29.6 Å². The van der Waals surface area contributed by atoms with E-state index in [0.717, 1.165) is 24.2 Å². The van der Waals surface area contributed by atoms with E-state index in [1.54, 1.807) is 0 Å². The lowest BCUT2D eigenvalue weighted by atomic mass is 9.87. The molecular formula is C25H23NO. The summed E-state index contributed by atoms with van der Waals surface area (Å²) in [6.07, 6.45) is 0. The molecule has 1 heterocycles. The highest BCUT2D eigenvalue weighted by molar-refractivity contribution is 5.44. The first kappa shape index (κ1) is 17.5. The van der Waals surface area contributed by atoms with Crippen molar-refractivity contribution in [2.45, 2.75) is 11.5 Å². The van der Waals surface area contributed by atoms with Gasteiger partial charge in [0.1, 0.15) is 0 Å². The van der Waals surface area contributed by atoms with Gasteiger partial charge < -0.3 is 5.11 Å². The largest absolute Gasteiger partial charge is 0.369 e. The van der Waals surface area contributed by atoms with Crippen LogP contribution < -0.4 is 0 Å². The highest BCUT2D eigenvalue weighted by atomic mass is 16.3. The quantitative estimate of drug-likeness (QED) is 0.716. The Balaban J connectivity index is 1.48. The number of aliphatic hydroxyl groups is 1. The second-order valence-corrected chi connectivity index (χ2v) is 7.05.